The second kappa shape index (κ2) is 13.1. The van der Waals surface area contributed by atoms with Crippen molar-refractivity contribution in [3.05, 3.63) is 59.8 Å². The van der Waals surface area contributed by atoms with Crippen molar-refractivity contribution in [3.8, 4) is 0 Å². The molecule has 1 rings (SSSR count). The molecule has 4 heteroatoms. The molecule has 0 aromatic heterocycles. The van der Waals surface area contributed by atoms with Crippen molar-refractivity contribution in [3.63, 3.8) is 0 Å². The third kappa shape index (κ3) is 9.65. The van der Waals surface area contributed by atoms with Crippen molar-refractivity contribution >= 4 is 12.2 Å². The molecule has 1 aliphatic rings. The van der Waals surface area contributed by atoms with Crippen molar-refractivity contribution < 1.29 is 15.6 Å². The lowest BCUT2D eigenvalue weighted by molar-refractivity contribution is -0.409. The molecule has 1 aliphatic carbocycles. The Morgan fingerprint density at radius 2 is 1.79 bits per heavy atom. The van der Waals surface area contributed by atoms with Crippen LogP contribution in [0.1, 0.15) is 59.3 Å². The third-order valence-corrected chi connectivity index (χ3v) is 5.10. The van der Waals surface area contributed by atoms with Crippen LogP contribution >= 0.6 is 0 Å². The predicted octanol–water partition coefficient (Wildman–Crippen LogP) is 4.67. The van der Waals surface area contributed by atoms with Gasteiger partial charge in [0, 0.05) is 19.2 Å². The van der Waals surface area contributed by atoms with Crippen molar-refractivity contribution in [1.82, 2.24) is 0 Å². The van der Waals surface area contributed by atoms with Crippen LogP contribution in [0.25, 0.3) is 0 Å². The molecule has 0 spiro atoms. The fourth-order valence-corrected chi connectivity index (χ4v) is 3.39. The van der Waals surface area contributed by atoms with Gasteiger partial charge in [-0.3, -0.25) is 4.99 Å². The summed E-state index contributed by atoms with van der Waals surface area (Å²) >= 11 is 0. The number of carboxylic acids is 1. The van der Waals surface area contributed by atoms with E-state index in [0.717, 1.165) is 19.4 Å². The van der Waals surface area contributed by atoms with E-state index in [1.54, 1.807) is 6.21 Å². The Kier molecular flexibility index (Phi) is 11.1. The molecule has 28 heavy (non-hydrogen) atoms. The van der Waals surface area contributed by atoms with Gasteiger partial charge in [-0.1, -0.05) is 62.0 Å². The monoisotopic (exact) mass is 385 g/mol. The van der Waals surface area contributed by atoms with Crippen LogP contribution in [-0.2, 0) is 4.79 Å². The van der Waals surface area contributed by atoms with E-state index < -0.39 is 12.0 Å². The Labute approximate surface area is 170 Å². The minimum atomic E-state index is -0.826. The number of hydrogen-bond acceptors (Lipinski definition) is 2. The zero-order valence-electron chi connectivity index (χ0n) is 17.7. The molecule has 154 valence electrons. The highest BCUT2D eigenvalue weighted by molar-refractivity contribution is 5.71. The van der Waals surface area contributed by atoms with E-state index in [9.17, 15) is 4.79 Å². The molecule has 0 aliphatic heterocycles. The molecule has 0 bridgehead atoms. The normalized spacial score (nSPS) is 19.1. The number of carbonyl (C=O) groups is 1. The van der Waals surface area contributed by atoms with Gasteiger partial charge in [-0.05, 0) is 56.1 Å². The third-order valence-electron chi connectivity index (χ3n) is 5.10. The fourth-order valence-electron chi connectivity index (χ4n) is 3.39. The summed E-state index contributed by atoms with van der Waals surface area (Å²) in [7, 11) is 0. The van der Waals surface area contributed by atoms with Gasteiger partial charge in [0.1, 0.15) is 0 Å². The number of unbranched alkanes of at least 4 members (excludes halogenated alkanes) is 1. The SMILES string of the molecule is CC1=C(/C=C/C=C/C=C/C=C/C=NCCCC[C@H]([NH3+])C(=O)O)C(C)(C)CCC1. The lowest BCUT2D eigenvalue weighted by atomic mass is 9.73. The van der Waals surface area contributed by atoms with Gasteiger partial charge >= 0.3 is 5.97 Å². The molecule has 0 aromatic rings. The van der Waals surface area contributed by atoms with E-state index in [2.05, 4.69) is 49.7 Å². The number of aliphatic carboxylic acids is 1. The van der Waals surface area contributed by atoms with Crippen LogP contribution in [0.5, 0.6) is 0 Å². The number of rotatable bonds is 11. The smallest absolute Gasteiger partial charge is 0.362 e. The lowest BCUT2D eigenvalue weighted by Gasteiger charge is -2.32. The van der Waals surface area contributed by atoms with Crippen LogP contribution in [0.3, 0.4) is 0 Å². The number of quaternary nitrogens is 1. The Hall–Kier alpha value is -2.20. The molecule has 0 unspecified atom stereocenters. The van der Waals surface area contributed by atoms with Crippen molar-refractivity contribution in [2.24, 2.45) is 10.4 Å². The second-order valence-corrected chi connectivity index (χ2v) is 8.03. The summed E-state index contributed by atoms with van der Waals surface area (Å²) in [6.45, 7) is 7.64. The molecule has 0 amide bonds. The van der Waals surface area contributed by atoms with Crippen LogP contribution in [0, 0.1) is 5.41 Å². The Morgan fingerprint density at radius 1 is 1.14 bits per heavy atom. The average Bonchev–Trinajstić information content (AvgIpc) is 2.63. The van der Waals surface area contributed by atoms with Crippen LogP contribution in [0.4, 0.5) is 0 Å². The van der Waals surface area contributed by atoms with Crippen LogP contribution in [0.15, 0.2) is 64.7 Å². The Balaban J connectivity index is 2.24. The first-order valence-electron chi connectivity index (χ1n) is 10.3. The molecule has 0 heterocycles. The van der Waals surface area contributed by atoms with Gasteiger partial charge < -0.3 is 10.8 Å². The summed E-state index contributed by atoms with van der Waals surface area (Å²) in [5.74, 6) is -0.826. The highest BCUT2D eigenvalue weighted by Crippen LogP contribution is 2.40. The van der Waals surface area contributed by atoms with Crippen molar-refractivity contribution in [2.75, 3.05) is 6.54 Å². The first-order valence-corrected chi connectivity index (χ1v) is 10.3. The second-order valence-electron chi connectivity index (χ2n) is 8.03. The summed E-state index contributed by atoms with van der Waals surface area (Å²) in [4.78, 5) is 14.9. The van der Waals surface area contributed by atoms with E-state index in [1.165, 1.54) is 30.4 Å². The molecule has 0 saturated carbocycles. The lowest BCUT2D eigenvalue weighted by Crippen LogP contribution is -2.64. The number of aliphatic imine (C=N–C) groups is 1. The molecule has 1 atom stereocenters. The topological polar surface area (TPSA) is 77.3 Å². The van der Waals surface area contributed by atoms with Gasteiger partial charge in [0.05, 0.1) is 0 Å². The zero-order valence-corrected chi connectivity index (χ0v) is 17.7. The van der Waals surface area contributed by atoms with E-state index in [4.69, 9.17) is 5.11 Å². The number of carboxylic acid groups (broad SMARTS) is 1. The van der Waals surface area contributed by atoms with Crippen LogP contribution in [-0.4, -0.2) is 29.9 Å². The molecule has 4 nitrogen and oxygen atoms in total. The standard InChI is InChI=1S/C24H36N2O2/c1-20-14-13-17-24(2,3)21(20)15-9-7-5-4-6-8-11-18-26-19-12-10-16-22(25)23(27)28/h4-9,11,15,18,22H,10,12-14,16-17,19,25H2,1-3H3,(H,27,28)/p+1/b6-4+,7-5+,11-8+,15-9+,26-18?/t22-/m0/s1. The summed E-state index contributed by atoms with van der Waals surface area (Å²) in [5.41, 5.74) is 6.89. The largest absolute Gasteiger partial charge is 0.477 e. The molecule has 4 N–H and O–H groups in total. The average molecular weight is 386 g/mol. The van der Waals surface area contributed by atoms with E-state index in [0.29, 0.717) is 6.42 Å². The van der Waals surface area contributed by atoms with Gasteiger partial charge in [0.2, 0.25) is 0 Å². The van der Waals surface area contributed by atoms with Gasteiger partial charge in [-0.25, -0.2) is 4.79 Å². The number of hydrogen-bond donors (Lipinski definition) is 2. The first-order chi connectivity index (χ1) is 13.3. The van der Waals surface area contributed by atoms with Gasteiger partial charge in [0.15, 0.2) is 6.04 Å². The quantitative estimate of drug-likeness (QED) is 0.308. The summed E-state index contributed by atoms with van der Waals surface area (Å²) in [5, 5.41) is 8.75. The van der Waals surface area contributed by atoms with E-state index in [1.807, 2.05) is 30.4 Å². The highest BCUT2D eigenvalue weighted by atomic mass is 16.4. The molecular formula is C24H37N2O2+. The molecule has 0 aromatic carbocycles. The summed E-state index contributed by atoms with van der Waals surface area (Å²) in [6, 6.07) is -0.508. The number of allylic oxidation sites excluding steroid dienone is 10. The van der Waals surface area contributed by atoms with E-state index in [-0.39, 0.29) is 5.41 Å². The van der Waals surface area contributed by atoms with Crippen molar-refractivity contribution in [2.45, 2.75) is 65.3 Å². The highest BCUT2D eigenvalue weighted by Gasteiger charge is 2.26. The van der Waals surface area contributed by atoms with Crippen LogP contribution < -0.4 is 5.73 Å². The summed E-state index contributed by atoms with van der Waals surface area (Å²) in [6.07, 6.45) is 24.2. The number of nitrogens with zero attached hydrogens (tertiary/aromatic N) is 1. The minimum Gasteiger partial charge on any atom is -0.477 e. The Morgan fingerprint density at radius 3 is 2.43 bits per heavy atom. The maximum absolute atomic E-state index is 10.6. The first kappa shape index (κ1) is 23.8. The Bertz CT molecular complexity index is 664. The van der Waals surface area contributed by atoms with Gasteiger partial charge in [-0.15, -0.1) is 0 Å². The van der Waals surface area contributed by atoms with E-state index >= 15 is 0 Å². The molecule has 0 radical (unpaired) electrons. The molecule has 0 saturated heterocycles. The minimum absolute atomic E-state index is 0.288. The predicted molar refractivity (Wildman–Crippen MR) is 118 cm³/mol. The van der Waals surface area contributed by atoms with Gasteiger partial charge in [-0.2, -0.15) is 0 Å². The summed E-state index contributed by atoms with van der Waals surface area (Å²) < 4.78 is 0. The molecule has 0 fully saturated rings. The molecular weight excluding hydrogens is 348 g/mol. The zero-order chi connectivity index (χ0) is 20.8. The van der Waals surface area contributed by atoms with Gasteiger partial charge in [0.25, 0.3) is 0 Å². The maximum atomic E-state index is 10.6. The fraction of sp³-hybridized carbons (Fsp3) is 0.500. The maximum Gasteiger partial charge on any atom is 0.362 e. The van der Waals surface area contributed by atoms with Crippen molar-refractivity contribution in [1.29, 1.82) is 0 Å². The van der Waals surface area contributed by atoms with Crippen LogP contribution in [0.2, 0.25) is 0 Å².